The first-order valence-corrected chi connectivity index (χ1v) is 15.1. The van der Waals surface area contributed by atoms with Crippen LogP contribution in [-0.2, 0) is 25.5 Å². The van der Waals surface area contributed by atoms with E-state index in [1.807, 2.05) is 6.07 Å². The molecule has 1 unspecified atom stereocenters. The van der Waals surface area contributed by atoms with E-state index in [-0.39, 0.29) is 22.7 Å². The Labute approximate surface area is 263 Å². The van der Waals surface area contributed by atoms with Crippen LogP contribution in [0.4, 0.5) is 0 Å². The SMILES string of the molecule is COc1cc2c(c(OC)c1OC)-c1ccc(OC)c(=O)cc1[C@@H](NC(=O)CSCC(=O)O[C@H]1[C@H](O)[C@@H](CO)OC(O)[C@@H]1O)CC2. The Morgan fingerprint density at radius 2 is 1.67 bits per heavy atom. The van der Waals surface area contributed by atoms with Crippen molar-refractivity contribution in [2.75, 3.05) is 46.6 Å². The first kappa shape index (κ1) is 34.3. The summed E-state index contributed by atoms with van der Waals surface area (Å²) in [5.74, 6) is -0.406. The van der Waals surface area contributed by atoms with Gasteiger partial charge in [0.25, 0.3) is 0 Å². The molecule has 0 bridgehead atoms. The van der Waals surface area contributed by atoms with E-state index in [9.17, 15) is 34.8 Å². The zero-order valence-electron chi connectivity index (χ0n) is 25.2. The molecule has 1 saturated heterocycles. The van der Waals surface area contributed by atoms with E-state index in [1.54, 1.807) is 12.1 Å². The van der Waals surface area contributed by atoms with E-state index < -0.39 is 55.2 Å². The molecule has 45 heavy (non-hydrogen) atoms. The molecular weight excluding hydrogens is 614 g/mol. The van der Waals surface area contributed by atoms with Crippen LogP contribution in [0.5, 0.6) is 23.0 Å². The molecule has 1 aliphatic heterocycles. The van der Waals surface area contributed by atoms with Crippen molar-refractivity contribution in [3.05, 3.63) is 45.6 Å². The lowest BCUT2D eigenvalue weighted by atomic mass is 9.95. The predicted molar refractivity (Wildman–Crippen MR) is 161 cm³/mol. The van der Waals surface area contributed by atoms with Crippen molar-refractivity contribution in [2.24, 2.45) is 0 Å². The van der Waals surface area contributed by atoms with Crippen LogP contribution in [0, 0.1) is 0 Å². The molecule has 1 fully saturated rings. The highest BCUT2D eigenvalue weighted by Gasteiger charge is 2.46. The second-order valence-corrected chi connectivity index (χ2v) is 11.3. The topological polar surface area (TPSA) is 200 Å². The first-order valence-electron chi connectivity index (χ1n) is 14.0. The van der Waals surface area contributed by atoms with Gasteiger partial charge in [0.15, 0.2) is 29.6 Å². The summed E-state index contributed by atoms with van der Waals surface area (Å²) >= 11 is 0.926. The average Bonchev–Trinajstić information content (AvgIpc) is 3.27. The van der Waals surface area contributed by atoms with Crippen LogP contribution >= 0.6 is 11.8 Å². The molecule has 0 saturated carbocycles. The highest BCUT2D eigenvalue weighted by atomic mass is 32.2. The first-order chi connectivity index (χ1) is 21.6. The summed E-state index contributed by atoms with van der Waals surface area (Å²) in [5.41, 5.74) is 2.30. The summed E-state index contributed by atoms with van der Waals surface area (Å²) in [4.78, 5) is 38.6. The van der Waals surface area contributed by atoms with Gasteiger partial charge in [0.05, 0.1) is 52.6 Å². The maximum Gasteiger partial charge on any atom is 0.316 e. The number of rotatable bonds is 11. The van der Waals surface area contributed by atoms with E-state index in [4.69, 9.17) is 28.4 Å². The van der Waals surface area contributed by atoms with Gasteiger partial charge in [0.2, 0.25) is 17.1 Å². The molecule has 2 aromatic carbocycles. The standard InChI is InChI=1S/C30H37NO13S/c1-39-19-8-6-15-16(10-18(19)33)17(7-5-14-9-20(40-2)27(41-3)28(42-4)24(14)15)31-22(34)12-45-13-23(35)44-29-25(36)21(11-32)43-30(38)26(29)37/h6,8-10,17,21,25-26,29-30,32,36-38H,5,7,11-13H2,1-4H3,(H,31,34)/t17-,21+,25+,26+,29-,30?/m0/s1. The molecule has 4 rings (SSSR count). The van der Waals surface area contributed by atoms with Crippen LogP contribution in [-0.4, -0.2) is 110 Å². The maximum absolute atomic E-state index is 13.1. The number of fused-ring (bicyclic) bond motifs is 3. The lowest BCUT2D eigenvalue weighted by Gasteiger charge is -2.39. The Balaban J connectivity index is 1.53. The van der Waals surface area contributed by atoms with Crippen molar-refractivity contribution in [1.82, 2.24) is 5.32 Å². The summed E-state index contributed by atoms with van der Waals surface area (Å²) in [7, 11) is 5.90. The van der Waals surface area contributed by atoms with Crippen LogP contribution in [0.3, 0.4) is 0 Å². The predicted octanol–water partition coefficient (Wildman–Crippen LogP) is -0.0720. The zero-order valence-corrected chi connectivity index (χ0v) is 26.0. The number of esters is 1. The highest BCUT2D eigenvalue weighted by Crippen LogP contribution is 2.50. The second-order valence-electron chi connectivity index (χ2n) is 10.3. The quantitative estimate of drug-likeness (QED) is 0.202. The Hall–Kier alpha value is -3.60. The molecule has 246 valence electrons. The molecule has 2 aromatic rings. The number of amides is 1. The van der Waals surface area contributed by atoms with Crippen LogP contribution in [0.2, 0.25) is 0 Å². The largest absolute Gasteiger partial charge is 0.493 e. The van der Waals surface area contributed by atoms with Crippen molar-refractivity contribution < 1.29 is 58.4 Å². The molecule has 5 N–H and O–H groups in total. The number of thioether (sulfide) groups is 1. The van der Waals surface area contributed by atoms with Crippen molar-refractivity contribution >= 4 is 23.6 Å². The van der Waals surface area contributed by atoms with Gasteiger partial charge in [-0.2, -0.15) is 0 Å². The normalized spacial score (nSPS) is 23.9. The highest BCUT2D eigenvalue weighted by molar-refractivity contribution is 8.00. The van der Waals surface area contributed by atoms with Gasteiger partial charge in [-0.05, 0) is 47.7 Å². The fourth-order valence-electron chi connectivity index (χ4n) is 5.47. The Kier molecular flexibility index (Phi) is 11.5. The zero-order chi connectivity index (χ0) is 32.8. The maximum atomic E-state index is 13.1. The number of carbonyl (C=O) groups excluding carboxylic acids is 2. The molecule has 1 heterocycles. The third-order valence-corrected chi connectivity index (χ3v) is 8.52. The lowest BCUT2D eigenvalue weighted by molar-refractivity contribution is -0.289. The molecule has 0 radical (unpaired) electrons. The van der Waals surface area contributed by atoms with Gasteiger partial charge in [0, 0.05) is 5.56 Å². The van der Waals surface area contributed by atoms with Crippen molar-refractivity contribution in [1.29, 1.82) is 0 Å². The van der Waals surface area contributed by atoms with Crippen molar-refractivity contribution in [3.8, 4) is 34.1 Å². The van der Waals surface area contributed by atoms with Crippen molar-refractivity contribution in [2.45, 2.75) is 49.6 Å². The van der Waals surface area contributed by atoms with E-state index in [0.29, 0.717) is 46.8 Å². The number of aryl methyl sites for hydroxylation is 1. The van der Waals surface area contributed by atoms with Crippen LogP contribution in [0.1, 0.15) is 23.6 Å². The minimum atomic E-state index is -1.77. The molecule has 1 aliphatic carbocycles. The number of carbonyl (C=O) groups is 2. The Bertz CT molecular complexity index is 1450. The summed E-state index contributed by atoms with van der Waals surface area (Å²) in [6, 6.07) is 5.94. The van der Waals surface area contributed by atoms with Crippen molar-refractivity contribution in [3.63, 3.8) is 0 Å². The third kappa shape index (κ3) is 7.29. The fourth-order valence-corrected chi connectivity index (χ4v) is 6.08. The Morgan fingerprint density at radius 1 is 0.956 bits per heavy atom. The number of methoxy groups -OCH3 is 4. The molecule has 2 aliphatic rings. The van der Waals surface area contributed by atoms with E-state index in [0.717, 1.165) is 17.3 Å². The van der Waals surface area contributed by atoms with Gasteiger partial charge < -0.3 is 54.2 Å². The summed E-state index contributed by atoms with van der Waals surface area (Å²) in [6.07, 6.45) is -6.97. The molecule has 1 amide bonds. The minimum Gasteiger partial charge on any atom is -0.493 e. The number of aliphatic hydroxyl groups excluding tert-OH is 4. The van der Waals surface area contributed by atoms with E-state index >= 15 is 0 Å². The fraction of sp³-hybridized carbons (Fsp3) is 0.500. The summed E-state index contributed by atoms with van der Waals surface area (Å²) < 4.78 is 32.2. The summed E-state index contributed by atoms with van der Waals surface area (Å²) in [6.45, 7) is -0.671. The third-order valence-electron chi connectivity index (χ3n) is 7.62. The number of nitrogens with one attached hydrogen (secondary N) is 1. The van der Waals surface area contributed by atoms with E-state index in [1.165, 1.54) is 34.5 Å². The van der Waals surface area contributed by atoms with Gasteiger partial charge in [-0.25, -0.2) is 0 Å². The summed E-state index contributed by atoms with van der Waals surface area (Å²) in [5, 5.41) is 42.4. The molecule has 6 atom stereocenters. The average molecular weight is 652 g/mol. The molecule has 0 spiro atoms. The number of aliphatic hydroxyl groups is 4. The van der Waals surface area contributed by atoms with E-state index in [2.05, 4.69) is 5.32 Å². The molecule has 0 aromatic heterocycles. The van der Waals surface area contributed by atoms with Gasteiger partial charge >= 0.3 is 5.97 Å². The second kappa shape index (κ2) is 15.1. The van der Waals surface area contributed by atoms with Gasteiger partial charge in [0.1, 0.15) is 18.3 Å². The lowest BCUT2D eigenvalue weighted by Crippen LogP contribution is -2.60. The number of hydrogen-bond donors (Lipinski definition) is 5. The number of hydrogen-bond acceptors (Lipinski definition) is 14. The molecule has 14 nitrogen and oxygen atoms in total. The number of benzene rings is 1. The monoisotopic (exact) mass is 651 g/mol. The minimum absolute atomic E-state index is 0.112. The van der Waals surface area contributed by atoms with Crippen LogP contribution < -0.4 is 29.7 Å². The molecule has 15 heteroatoms. The van der Waals surface area contributed by atoms with Crippen LogP contribution in [0.15, 0.2) is 29.1 Å². The van der Waals surface area contributed by atoms with Gasteiger partial charge in [-0.1, -0.05) is 6.07 Å². The van der Waals surface area contributed by atoms with Gasteiger partial charge in [-0.3, -0.25) is 14.4 Å². The Morgan fingerprint density at radius 3 is 2.31 bits per heavy atom. The van der Waals surface area contributed by atoms with Crippen LogP contribution in [0.25, 0.3) is 11.1 Å². The number of ether oxygens (including phenoxy) is 6. The van der Waals surface area contributed by atoms with Gasteiger partial charge in [-0.15, -0.1) is 11.8 Å². The smallest absolute Gasteiger partial charge is 0.316 e. The molecular formula is C30H37NO13S.